The summed E-state index contributed by atoms with van der Waals surface area (Å²) in [5.74, 6) is 3.54. The molecular weight excluding hydrogens is 242 g/mol. The second kappa shape index (κ2) is 7.05. The highest BCUT2D eigenvalue weighted by Crippen LogP contribution is 2.17. The molecular formula is C15H23NOS. The average Bonchev–Trinajstić information content (AvgIpc) is 2.39. The number of hydrogen-bond donors (Lipinski definition) is 1. The standard InChI is InChI=1S/C15H23NOS/c1-12-5-7-15(8-6-12)17-10-13(2)16-14-4-3-9-18-11-14/h5-8,13-14,16H,3-4,9-11H2,1-2H3. The molecule has 0 spiro atoms. The molecule has 0 saturated carbocycles. The van der Waals surface area contributed by atoms with E-state index in [1.165, 1.54) is 29.9 Å². The van der Waals surface area contributed by atoms with Crippen LogP contribution in [-0.4, -0.2) is 30.2 Å². The van der Waals surface area contributed by atoms with E-state index >= 15 is 0 Å². The lowest BCUT2D eigenvalue weighted by atomic mass is 10.1. The SMILES string of the molecule is Cc1ccc(OCC(C)NC2CCCSC2)cc1. The van der Waals surface area contributed by atoms with Crippen LogP contribution in [0.15, 0.2) is 24.3 Å². The summed E-state index contributed by atoms with van der Waals surface area (Å²) in [6.45, 7) is 5.03. The highest BCUT2D eigenvalue weighted by Gasteiger charge is 2.15. The van der Waals surface area contributed by atoms with Crippen molar-refractivity contribution in [3.8, 4) is 5.75 Å². The molecule has 1 N–H and O–H groups in total. The Bertz CT molecular complexity index is 346. The fraction of sp³-hybridized carbons (Fsp3) is 0.600. The Hall–Kier alpha value is -0.670. The number of aryl methyl sites for hydroxylation is 1. The summed E-state index contributed by atoms with van der Waals surface area (Å²) in [6, 6.07) is 9.34. The monoisotopic (exact) mass is 265 g/mol. The minimum atomic E-state index is 0.412. The Morgan fingerprint density at radius 1 is 1.39 bits per heavy atom. The zero-order valence-electron chi connectivity index (χ0n) is 11.3. The molecule has 0 radical (unpaired) electrons. The number of thioether (sulfide) groups is 1. The van der Waals surface area contributed by atoms with Gasteiger partial charge in [0.05, 0.1) is 0 Å². The van der Waals surface area contributed by atoms with Gasteiger partial charge in [-0.1, -0.05) is 17.7 Å². The van der Waals surface area contributed by atoms with Crippen molar-refractivity contribution in [2.24, 2.45) is 0 Å². The summed E-state index contributed by atoms with van der Waals surface area (Å²) < 4.78 is 5.80. The fourth-order valence-corrected chi connectivity index (χ4v) is 3.26. The summed E-state index contributed by atoms with van der Waals surface area (Å²) in [5.41, 5.74) is 1.27. The highest BCUT2D eigenvalue weighted by atomic mass is 32.2. The third-order valence-corrected chi connectivity index (χ3v) is 4.42. The van der Waals surface area contributed by atoms with Crippen molar-refractivity contribution in [3.63, 3.8) is 0 Å². The molecule has 1 aromatic rings. The third-order valence-electron chi connectivity index (χ3n) is 3.20. The van der Waals surface area contributed by atoms with E-state index in [-0.39, 0.29) is 0 Å². The van der Waals surface area contributed by atoms with Gasteiger partial charge in [0, 0.05) is 17.8 Å². The molecule has 1 aliphatic rings. The molecule has 0 aliphatic carbocycles. The van der Waals surface area contributed by atoms with Crippen LogP contribution in [0.4, 0.5) is 0 Å². The Labute approximate surface area is 114 Å². The molecule has 0 amide bonds. The first-order chi connectivity index (χ1) is 8.74. The van der Waals surface area contributed by atoms with Crippen LogP contribution in [0.2, 0.25) is 0 Å². The second-order valence-corrected chi connectivity index (χ2v) is 6.26. The molecule has 2 rings (SSSR count). The van der Waals surface area contributed by atoms with Gasteiger partial charge < -0.3 is 10.1 Å². The van der Waals surface area contributed by atoms with Gasteiger partial charge in [0.1, 0.15) is 12.4 Å². The zero-order valence-corrected chi connectivity index (χ0v) is 12.1. The lowest BCUT2D eigenvalue weighted by Gasteiger charge is -2.26. The van der Waals surface area contributed by atoms with Crippen LogP contribution in [0.5, 0.6) is 5.75 Å². The lowest BCUT2D eigenvalue weighted by molar-refractivity contribution is 0.261. The Morgan fingerprint density at radius 3 is 2.83 bits per heavy atom. The molecule has 3 heteroatoms. The smallest absolute Gasteiger partial charge is 0.119 e. The molecule has 1 aliphatic heterocycles. The minimum absolute atomic E-state index is 0.412. The van der Waals surface area contributed by atoms with Crippen LogP contribution in [0.1, 0.15) is 25.3 Å². The van der Waals surface area contributed by atoms with Crippen LogP contribution >= 0.6 is 11.8 Å². The van der Waals surface area contributed by atoms with Crippen LogP contribution in [0, 0.1) is 6.92 Å². The van der Waals surface area contributed by atoms with Crippen molar-refractivity contribution in [2.45, 2.75) is 38.8 Å². The van der Waals surface area contributed by atoms with Crippen LogP contribution in [-0.2, 0) is 0 Å². The predicted molar refractivity (Wildman–Crippen MR) is 79.6 cm³/mol. The van der Waals surface area contributed by atoms with Gasteiger partial charge in [-0.15, -0.1) is 0 Å². The predicted octanol–water partition coefficient (Wildman–Crippen LogP) is 3.25. The number of benzene rings is 1. The van der Waals surface area contributed by atoms with E-state index in [0.29, 0.717) is 12.1 Å². The van der Waals surface area contributed by atoms with Gasteiger partial charge in [0.2, 0.25) is 0 Å². The molecule has 1 aromatic carbocycles. The van der Waals surface area contributed by atoms with Gasteiger partial charge in [-0.25, -0.2) is 0 Å². The van der Waals surface area contributed by atoms with E-state index < -0.39 is 0 Å². The van der Waals surface area contributed by atoms with E-state index in [9.17, 15) is 0 Å². The molecule has 100 valence electrons. The summed E-state index contributed by atoms with van der Waals surface area (Å²) in [7, 11) is 0. The van der Waals surface area contributed by atoms with Crippen molar-refractivity contribution in [1.29, 1.82) is 0 Å². The van der Waals surface area contributed by atoms with Gasteiger partial charge >= 0.3 is 0 Å². The van der Waals surface area contributed by atoms with Crippen molar-refractivity contribution in [3.05, 3.63) is 29.8 Å². The van der Waals surface area contributed by atoms with Gasteiger partial charge in [0.25, 0.3) is 0 Å². The number of ether oxygens (including phenoxy) is 1. The average molecular weight is 265 g/mol. The second-order valence-electron chi connectivity index (χ2n) is 5.11. The Kier molecular flexibility index (Phi) is 5.39. The Balaban J connectivity index is 1.70. The molecule has 0 aromatic heterocycles. The van der Waals surface area contributed by atoms with Gasteiger partial charge in [0.15, 0.2) is 0 Å². The molecule has 2 atom stereocenters. The van der Waals surface area contributed by atoms with E-state index in [1.54, 1.807) is 0 Å². The van der Waals surface area contributed by atoms with Gasteiger partial charge in [-0.3, -0.25) is 0 Å². The normalized spacial score (nSPS) is 21.6. The van der Waals surface area contributed by atoms with E-state index in [1.807, 2.05) is 12.1 Å². The summed E-state index contributed by atoms with van der Waals surface area (Å²) in [5, 5.41) is 3.65. The molecule has 1 fully saturated rings. The number of hydrogen-bond acceptors (Lipinski definition) is 3. The Morgan fingerprint density at radius 2 is 2.17 bits per heavy atom. The van der Waals surface area contributed by atoms with Crippen molar-refractivity contribution in [1.82, 2.24) is 5.32 Å². The molecule has 0 bridgehead atoms. The quantitative estimate of drug-likeness (QED) is 0.883. The van der Waals surface area contributed by atoms with Gasteiger partial charge in [-0.2, -0.15) is 11.8 Å². The maximum Gasteiger partial charge on any atom is 0.119 e. The number of nitrogens with one attached hydrogen (secondary N) is 1. The largest absolute Gasteiger partial charge is 0.492 e. The van der Waals surface area contributed by atoms with E-state index in [4.69, 9.17) is 4.74 Å². The van der Waals surface area contributed by atoms with E-state index in [2.05, 4.69) is 43.1 Å². The van der Waals surface area contributed by atoms with E-state index in [0.717, 1.165) is 12.4 Å². The molecule has 1 heterocycles. The minimum Gasteiger partial charge on any atom is -0.492 e. The highest BCUT2D eigenvalue weighted by molar-refractivity contribution is 7.99. The summed E-state index contributed by atoms with van der Waals surface area (Å²) in [6.07, 6.45) is 2.65. The summed E-state index contributed by atoms with van der Waals surface area (Å²) >= 11 is 2.06. The van der Waals surface area contributed by atoms with Gasteiger partial charge in [-0.05, 0) is 44.6 Å². The molecule has 2 nitrogen and oxygen atoms in total. The zero-order chi connectivity index (χ0) is 12.8. The van der Waals surface area contributed by atoms with Crippen molar-refractivity contribution in [2.75, 3.05) is 18.1 Å². The molecule has 1 saturated heterocycles. The molecule has 18 heavy (non-hydrogen) atoms. The first kappa shape index (κ1) is 13.8. The molecule has 2 unspecified atom stereocenters. The van der Waals surface area contributed by atoms with Crippen LogP contribution in [0.3, 0.4) is 0 Å². The first-order valence-electron chi connectivity index (χ1n) is 6.77. The lowest BCUT2D eigenvalue weighted by Crippen LogP contribution is -2.42. The first-order valence-corrected chi connectivity index (χ1v) is 7.93. The van der Waals surface area contributed by atoms with Crippen LogP contribution < -0.4 is 10.1 Å². The fourth-order valence-electron chi connectivity index (χ4n) is 2.18. The summed E-state index contributed by atoms with van der Waals surface area (Å²) in [4.78, 5) is 0. The number of rotatable bonds is 5. The maximum atomic E-state index is 5.80. The topological polar surface area (TPSA) is 21.3 Å². The van der Waals surface area contributed by atoms with Crippen molar-refractivity contribution >= 4 is 11.8 Å². The van der Waals surface area contributed by atoms with Crippen molar-refractivity contribution < 1.29 is 4.74 Å². The third kappa shape index (κ3) is 4.54. The van der Waals surface area contributed by atoms with Crippen LogP contribution in [0.25, 0.3) is 0 Å². The maximum absolute atomic E-state index is 5.80.